The number of carbonyl (C=O) groups excluding carboxylic acids is 1. The van der Waals surface area contributed by atoms with Crippen LogP contribution in [0.1, 0.15) is 27.6 Å². The quantitative estimate of drug-likeness (QED) is 0.485. The van der Waals surface area contributed by atoms with Crippen molar-refractivity contribution in [2.24, 2.45) is 0 Å². The number of hydrogen-bond acceptors (Lipinski definition) is 5. The molecule has 28 heavy (non-hydrogen) atoms. The van der Waals surface area contributed by atoms with Crippen molar-refractivity contribution < 1.29 is 9.18 Å². The summed E-state index contributed by atoms with van der Waals surface area (Å²) in [5, 5.41) is 3.66. The average Bonchev–Trinajstić information content (AvgIpc) is 3.28. The summed E-state index contributed by atoms with van der Waals surface area (Å²) < 4.78 is 13.2. The first-order chi connectivity index (χ1) is 13.6. The van der Waals surface area contributed by atoms with Crippen LogP contribution in [0.25, 0.3) is 21.7 Å². The van der Waals surface area contributed by atoms with Crippen LogP contribution in [0.3, 0.4) is 0 Å². The molecule has 0 atom stereocenters. The van der Waals surface area contributed by atoms with E-state index in [0.29, 0.717) is 29.1 Å². The smallest absolute Gasteiger partial charge is 0.263 e. The number of thiazole rings is 1. The van der Waals surface area contributed by atoms with Gasteiger partial charge in [0, 0.05) is 19.2 Å². The number of halogens is 1. The van der Waals surface area contributed by atoms with Crippen molar-refractivity contribution in [1.82, 2.24) is 25.3 Å². The Hall–Kier alpha value is -3.13. The summed E-state index contributed by atoms with van der Waals surface area (Å²) >= 11 is 1.34. The van der Waals surface area contributed by atoms with Crippen LogP contribution in [0.15, 0.2) is 42.6 Å². The van der Waals surface area contributed by atoms with E-state index in [4.69, 9.17) is 0 Å². The van der Waals surface area contributed by atoms with Crippen molar-refractivity contribution in [3.8, 4) is 10.7 Å². The summed E-state index contributed by atoms with van der Waals surface area (Å²) in [6, 6.07) is 10.1. The lowest BCUT2D eigenvalue weighted by atomic mass is 10.3. The van der Waals surface area contributed by atoms with Gasteiger partial charge in [-0.1, -0.05) is 6.07 Å². The van der Waals surface area contributed by atoms with Crippen molar-refractivity contribution in [3.05, 3.63) is 64.8 Å². The van der Waals surface area contributed by atoms with Crippen molar-refractivity contribution in [1.29, 1.82) is 0 Å². The van der Waals surface area contributed by atoms with E-state index >= 15 is 0 Å². The Bertz CT molecular complexity index is 1120. The van der Waals surface area contributed by atoms with E-state index in [1.54, 1.807) is 12.3 Å². The summed E-state index contributed by atoms with van der Waals surface area (Å²) in [5.41, 5.74) is 2.88. The van der Waals surface area contributed by atoms with Crippen LogP contribution in [-0.4, -0.2) is 32.4 Å². The number of imidazole rings is 1. The monoisotopic (exact) mass is 395 g/mol. The molecule has 8 heteroatoms. The minimum Gasteiger partial charge on any atom is -0.351 e. The summed E-state index contributed by atoms with van der Waals surface area (Å²) in [4.78, 5) is 29.3. The molecule has 1 aromatic carbocycles. The molecule has 4 aromatic rings. The van der Waals surface area contributed by atoms with Crippen LogP contribution in [0.5, 0.6) is 0 Å². The maximum absolute atomic E-state index is 13.2. The Kier molecular flexibility index (Phi) is 5.12. The highest BCUT2D eigenvalue weighted by Gasteiger charge is 2.16. The molecule has 6 nitrogen and oxygen atoms in total. The number of aromatic amines is 1. The second-order valence-electron chi connectivity index (χ2n) is 6.35. The summed E-state index contributed by atoms with van der Waals surface area (Å²) in [7, 11) is 0. The average molecular weight is 395 g/mol. The van der Waals surface area contributed by atoms with Crippen LogP contribution in [-0.2, 0) is 6.42 Å². The molecular weight excluding hydrogens is 377 g/mol. The van der Waals surface area contributed by atoms with E-state index < -0.39 is 0 Å². The number of rotatable bonds is 6. The largest absolute Gasteiger partial charge is 0.351 e. The van der Waals surface area contributed by atoms with E-state index in [0.717, 1.165) is 28.5 Å². The number of aryl methyl sites for hydroxylation is 2. The molecule has 4 rings (SSSR count). The number of amides is 1. The number of nitrogens with one attached hydrogen (secondary N) is 2. The lowest BCUT2D eigenvalue weighted by molar-refractivity contribution is 0.0956. The molecule has 1 amide bonds. The molecule has 0 radical (unpaired) electrons. The predicted octanol–water partition coefficient (Wildman–Crippen LogP) is 3.89. The molecule has 0 aliphatic heterocycles. The molecule has 0 fully saturated rings. The van der Waals surface area contributed by atoms with Crippen LogP contribution in [0, 0.1) is 12.7 Å². The number of pyridine rings is 1. The molecule has 0 saturated heterocycles. The Labute approximate surface area is 164 Å². The van der Waals surface area contributed by atoms with Crippen molar-refractivity contribution in [2.45, 2.75) is 19.8 Å². The van der Waals surface area contributed by atoms with Crippen molar-refractivity contribution in [3.63, 3.8) is 0 Å². The lowest BCUT2D eigenvalue weighted by Crippen LogP contribution is -2.24. The van der Waals surface area contributed by atoms with Gasteiger partial charge in [-0.15, -0.1) is 11.3 Å². The summed E-state index contributed by atoms with van der Waals surface area (Å²) in [6.07, 6.45) is 3.09. The van der Waals surface area contributed by atoms with Gasteiger partial charge in [0.15, 0.2) is 0 Å². The van der Waals surface area contributed by atoms with Gasteiger partial charge < -0.3 is 10.3 Å². The fraction of sp³-hybridized carbons (Fsp3) is 0.200. The number of benzene rings is 1. The number of aromatic nitrogens is 4. The number of hydrogen-bond donors (Lipinski definition) is 2. The third-order valence-electron chi connectivity index (χ3n) is 4.26. The number of carbonyl (C=O) groups is 1. The first-order valence-corrected chi connectivity index (χ1v) is 9.73. The summed E-state index contributed by atoms with van der Waals surface area (Å²) in [6.45, 7) is 2.34. The zero-order chi connectivity index (χ0) is 19.5. The Balaban J connectivity index is 1.33. The zero-order valence-corrected chi connectivity index (χ0v) is 16.0. The van der Waals surface area contributed by atoms with Crippen LogP contribution < -0.4 is 5.32 Å². The Morgan fingerprint density at radius 1 is 1.25 bits per heavy atom. The maximum atomic E-state index is 13.2. The Morgan fingerprint density at radius 3 is 2.96 bits per heavy atom. The first-order valence-electron chi connectivity index (χ1n) is 8.91. The highest BCUT2D eigenvalue weighted by atomic mass is 32.1. The van der Waals surface area contributed by atoms with Gasteiger partial charge in [-0.25, -0.2) is 14.4 Å². The zero-order valence-electron chi connectivity index (χ0n) is 15.2. The number of H-pyrrole nitrogens is 1. The second-order valence-corrected chi connectivity index (χ2v) is 7.35. The fourth-order valence-corrected chi connectivity index (χ4v) is 3.86. The number of nitrogens with zero attached hydrogens (tertiary/aromatic N) is 3. The fourth-order valence-electron chi connectivity index (χ4n) is 2.90. The molecule has 0 aliphatic rings. The maximum Gasteiger partial charge on any atom is 0.263 e. The highest BCUT2D eigenvalue weighted by molar-refractivity contribution is 7.17. The second kappa shape index (κ2) is 7.85. The molecule has 3 heterocycles. The highest BCUT2D eigenvalue weighted by Crippen LogP contribution is 2.26. The van der Waals surface area contributed by atoms with Gasteiger partial charge in [0.1, 0.15) is 21.5 Å². The summed E-state index contributed by atoms with van der Waals surface area (Å²) in [5.74, 6) is 0.352. The third-order valence-corrected chi connectivity index (χ3v) is 5.43. The molecule has 3 aromatic heterocycles. The van der Waals surface area contributed by atoms with E-state index in [1.807, 2.05) is 25.1 Å². The molecule has 0 spiro atoms. The Morgan fingerprint density at radius 2 is 2.14 bits per heavy atom. The van der Waals surface area contributed by atoms with Gasteiger partial charge in [0.2, 0.25) is 0 Å². The van der Waals surface area contributed by atoms with E-state index in [2.05, 4.69) is 25.3 Å². The molecule has 0 unspecified atom stereocenters. The minimum absolute atomic E-state index is 0.135. The predicted molar refractivity (Wildman–Crippen MR) is 107 cm³/mol. The molecule has 2 N–H and O–H groups in total. The van der Waals surface area contributed by atoms with Gasteiger partial charge in [-0.2, -0.15) is 0 Å². The van der Waals surface area contributed by atoms with Gasteiger partial charge in [0.05, 0.1) is 22.4 Å². The lowest BCUT2D eigenvalue weighted by Gasteiger charge is -2.03. The van der Waals surface area contributed by atoms with Crippen LogP contribution in [0.2, 0.25) is 0 Å². The first kappa shape index (κ1) is 18.2. The molecule has 142 valence electrons. The van der Waals surface area contributed by atoms with E-state index in [1.165, 1.54) is 23.5 Å². The standard InChI is InChI=1S/C20H18FN5OS/c1-12-18(28-20(24-12)15-5-2-3-9-22-15)19(27)23-10-4-6-17-25-14-8-7-13(21)11-16(14)26-17/h2-3,5,7-9,11H,4,6,10H2,1H3,(H,23,27)(H,25,26). The molecule has 0 bridgehead atoms. The van der Waals surface area contributed by atoms with Crippen LogP contribution in [0.4, 0.5) is 4.39 Å². The van der Waals surface area contributed by atoms with Gasteiger partial charge in [-0.3, -0.25) is 9.78 Å². The molecule has 0 aliphatic carbocycles. The minimum atomic E-state index is -0.292. The molecule has 0 saturated carbocycles. The topological polar surface area (TPSA) is 83.6 Å². The van der Waals surface area contributed by atoms with Crippen LogP contribution >= 0.6 is 11.3 Å². The van der Waals surface area contributed by atoms with Crippen molar-refractivity contribution >= 4 is 28.3 Å². The number of fused-ring (bicyclic) bond motifs is 1. The van der Waals surface area contributed by atoms with E-state index in [-0.39, 0.29) is 11.7 Å². The van der Waals surface area contributed by atoms with Crippen molar-refractivity contribution in [2.75, 3.05) is 6.54 Å². The van der Waals surface area contributed by atoms with Gasteiger partial charge >= 0.3 is 0 Å². The normalized spacial score (nSPS) is 11.1. The molecular formula is C20H18FN5OS. The van der Waals surface area contributed by atoms with Gasteiger partial charge in [0.25, 0.3) is 5.91 Å². The van der Waals surface area contributed by atoms with Gasteiger partial charge in [-0.05, 0) is 43.7 Å². The third kappa shape index (κ3) is 3.91. The van der Waals surface area contributed by atoms with E-state index in [9.17, 15) is 9.18 Å². The SMILES string of the molecule is Cc1nc(-c2ccccn2)sc1C(=O)NCCCc1nc2ccc(F)cc2[nH]1.